The molecule has 2 aromatic heterocycles. The molecule has 0 aromatic carbocycles. The fourth-order valence-corrected chi connectivity index (χ4v) is 3.30. The summed E-state index contributed by atoms with van der Waals surface area (Å²) < 4.78 is 10.0. The highest BCUT2D eigenvalue weighted by atomic mass is 16.5. The summed E-state index contributed by atoms with van der Waals surface area (Å²) in [6.07, 6.45) is 4.91. The Kier molecular flexibility index (Phi) is 3.23. The lowest BCUT2D eigenvalue weighted by atomic mass is 9.83. The van der Waals surface area contributed by atoms with Gasteiger partial charge in [0.15, 0.2) is 5.52 Å². The van der Waals surface area contributed by atoms with Gasteiger partial charge in [0, 0.05) is 25.6 Å². The molecule has 0 N–H and O–H groups in total. The van der Waals surface area contributed by atoms with Crippen molar-refractivity contribution in [3.63, 3.8) is 0 Å². The number of aryl methyl sites for hydroxylation is 1. The maximum absolute atomic E-state index is 13.0. The van der Waals surface area contributed by atoms with Crippen LogP contribution < -0.4 is 11.2 Å². The Balaban J connectivity index is 1.86. The zero-order valence-corrected chi connectivity index (χ0v) is 13.6. The average Bonchev–Trinajstić information content (AvgIpc) is 3.21. The minimum Gasteiger partial charge on any atom is -0.380 e. The average molecular weight is 318 g/mol. The normalized spacial score (nSPS) is 19.9. The topological polar surface area (TPSA) is 71.0 Å². The first-order valence-electron chi connectivity index (χ1n) is 8.28. The van der Waals surface area contributed by atoms with E-state index in [9.17, 15) is 9.59 Å². The van der Waals surface area contributed by atoms with Crippen molar-refractivity contribution in [3.05, 3.63) is 27.0 Å². The molecule has 3 heterocycles. The van der Waals surface area contributed by atoms with E-state index in [1.54, 1.807) is 17.9 Å². The quantitative estimate of drug-likeness (QED) is 0.815. The van der Waals surface area contributed by atoms with Crippen LogP contribution in [0.15, 0.2) is 15.8 Å². The Hall–Kier alpha value is -1.89. The van der Waals surface area contributed by atoms with Crippen LogP contribution in [0, 0.1) is 11.3 Å². The lowest BCUT2D eigenvalue weighted by Gasteiger charge is -2.40. The van der Waals surface area contributed by atoms with Gasteiger partial charge in [0.1, 0.15) is 0 Å². The standard InChI is InChI=1S/C16H22N4O3/c1-3-16(9-23-10-16)8-19-14(21)13-12(18(2)15(19)22)6-17-20(13)7-11-4-5-11/h6,11H,3-5,7-10H2,1-2H3. The zero-order valence-electron chi connectivity index (χ0n) is 13.6. The van der Waals surface area contributed by atoms with Gasteiger partial charge in [0.25, 0.3) is 5.56 Å². The predicted octanol–water partition coefficient (Wildman–Crippen LogP) is 0.733. The van der Waals surface area contributed by atoms with Crippen molar-refractivity contribution in [3.8, 4) is 0 Å². The Bertz CT molecular complexity index is 862. The van der Waals surface area contributed by atoms with Crippen LogP contribution in [-0.4, -0.2) is 32.1 Å². The fourth-order valence-electron chi connectivity index (χ4n) is 3.30. The van der Waals surface area contributed by atoms with Crippen LogP contribution in [0.5, 0.6) is 0 Å². The lowest BCUT2D eigenvalue weighted by molar-refractivity contribution is -0.124. The highest BCUT2D eigenvalue weighted by Gasteiger charge is 2.38. The van der Waals surface area contributed by atoms with Gasteiger partial charge in [-0.3, -0.25) is 18.6 Å². The van der Waals surface area contributed by atoms with Crippen LogP contribution >= 0.6 is 0 Å². The summed E-state index contributed by atoms with van der Waals surface area (Å²) >= 11 is 0. The van der Waals surface area contributed by atoms with Crippen molar-refractivity contribution in [1.29, 1.82) is 0 Å². The minimum atomic E-state index is -0.270. The van der Waals surface area contributed by atoms with Crippen molar-refractivity contribution in [2.45, 2.75) is 39.3 Å². The van der Waals surface area contributed by atoms with Gasteiger partial charge in [0.2, 0.25) is 0 Å². The molecule has 0 bridgehead atoms. The summed E-state index contributed by atoms with van der Waals surface area (Å²) in [5, 5.41) is 4.35. The van der Waals surface area contributed by atoms with E-state index in [4.69, 9.17) is 4.74 Å². The first-order chi connectivity index (χ1) is 11.0. The van der Waals surface area contributed by atoms with Gasteiger partial charge in [-0.15, -0.1) is 0 Å². The molecule has 0 unspecified atom stereocenters. The van der Waals surface area contributed by atoms with Gasteiger partial charge in [0.05, 0.1) is 24.9 Å². The van der Waals surface area contributed by atoms with Crippen LogP contribution in [0.2, 0.25) is 0 Å². The fraction of sp³-hybridized carbons (Fsp3) is 0.688. The molecule has 7 nitrogen and oxygen atoms in total. The molecule has 0 amide bonds. The third kappa shape index (κ3) is 2.25. The first kappa shape index (κ1) is 14.7. The molecule has 124 valence electrons. The number of ether oxygens (including phenoxy) is 1. The van der Waals surface area contributed by atoms with E-state index < -0.39 is 0 Å². The lowest BCUT2D eigenvalue weighted by Crippen LogP contribution is -2.51. The summed E-state index contributed by atoms with van der Waals surface area (Å²) in [6, 6.07) is 0. The molecule has 23 heavy (non-hydrogen) atoms. The van der Waals surface area contributed by atoms with Crippen LogP contribution in [0.3, 0.4) is 0 Å². The molecule has 4 rings (SSSR count). The molecule has 0 radical (unpaired) electrons. The van der Waals surface area contributed by atoms with E-state index in [1.165, 1.54) is 22.0 Å². The van der Waals surface area contributed by atoms with E-state index >= 15 is 0 Å². The number of rotatable bonds is 5. The van der Waals surface area contributed by atoms with Gasteiger partial charge in [-0.25, -0.2) is 4.79 Å². The van der Waals surface area contributed by atoms with Crippen LogP contribution in [-0.2, 0) is 24.9 Å². The van der Waals surface area contributed by atoms with Gasteiger partial charge in [-0.05, 0) is 25.2 Å². The second-order valence-electron chi connectivity index (χ2n) is 7.08. The Morgan fingerprint density at radius 2 is 2.09 bits per heavy atom. The van der Waals surface area contributed by atoms with Crippen molar-refractivity contribution in [2.24, 2.45) is 18.4 Å². The maximum atomic E-state index is 13.0. The highest BCUT2D eigenvalue weighted by molar-refractivity contribution is 5.73. The molecule has 0 spiro atoms. The van der Waals surface area contributed by atoms with Crippen molar-refractivity contribution < 1.29 is 4.74 Å². The second kappa shape index (κ2) is 5.06. The van der Waals surface area contributed by atoms with E-state index in [2.05, 4.69) is 12.0 Å². The molecular formula is C16H22N4O3. The smallest absolute Gasteiger partial charge is 0.331 e. The summed E-state index contributed by atoms with van der Waals surface area (Å²) in [4.78, 5) is 25.6. The highest BCUT2D eigenvalue weighted by Crippen LogP contribution is 2.33. The van der Waals surface area contributed by atoms with Crippen LogP contribution in [0.1, 0.15) is 26.2 Å². The SMILES string of the molecule is CCC1(Cn2c(=O)c3c(cnn3CC3CC3)n(C)c2=O)COC1. The Morgan fingerprint density at radius 3 is 2.65 bits per heavy atom. The molecular weight excluding hydrogens is 296 g/mol. The van der Waals surface area contributed by atoms with Crippen molar-refractivity contribution >= 4 is 11.0 Å². The largest absolute Gasteiger partial charge is 0.380 e. The minimum absolute atomic E-state index is 0.0923. The van der Waals surface area contributed by atoms with Gasteiger partial charge in [-0.2, -0.15) is 5.10 Å². The van der Waals surface area contributed by atoms with Gasteiger partial charge in [-0.1, -0.05) is 6.92 Å². The molecule has 0 atom stereocenters. The third-order valence-corrected chi connectivity index (χ3v) is 5.34. The van der Waals surface area contributed by atoms with E-state index in [0.717, 1.165) is 13.0 Å². The predicted molar refractivity (Wildman–Crippen MR) is 85.5 cm³/mol. The van der Waals surface area contributed by atoms with E-state index in [0.29, 0.717) is 36.7 Å². The first-order valence-corrected chi connectivity index (χ1v) is 8.28. The summed E-state index contributed by atoms with van der Waals surface area (Å²) in [5.74, 6) is 0.616. The van der Waals surface area contributed by atoms with Crippen LogP contribution in [0.4, 0.5) is 0 Å². The molecule has 2 fully saturated rings. The van der Waals surface area contributed by atoms with Gasteiger partial charge >= 0.3 is 5.69 Å². The van der Waals surface area contributed by atoms with Gasteiger partial charge < -0.3 is 4.74 Å². The van der Waals surface area contributed by atoms with Crippen LogP contribution in [0.25, 0.3) is 11.0 Å². The number of aromatic nitrogens is 4. The monoisotopic (exact) mass is 318 g/mol. The molecule has 1 aliphatic heterocycles. The summed E-state index contributed by atoms with van der Waals surface area (Å²) in [6.45, 7) is 4.48. The Morgan fingerprint density at radius 1 is 1.35 bits per heavy atom. The number of fused-ring (bicyclic) bond motifs is 1. The van der Waals surface area contributed by atoms with E-state index in [1.807, 2.05) is 0 Å². The maximum Gasteiger partial charge on any atom is 0.331 e. The Labute approximate surface area is 133 Å². The molecule has 7 heteroatoms. The molecule has 1 saturated heterocycles. The summed E-state index contributed by atoms with van der Waals surface area (Å²) in [5.41, 5.74) is 0.581. The van der Waals surface area contributed by atoms with E-state index in [-0.39, 0.29) is 16.7 Å². The third-order valence-electron chi connectivity index (χ3n) is 5.34. The van der Waals surface area contributed by atoms with Crippen molar-refractivity contribution in [1.82, 2.24) is 18.9 Å². The molecule has 1 aliphatic carbocycles. The second-order valence-corrected chi connectivity index (χ2v) is 7.08. The number of nitrogens with zero attached hydrogens (tertiary/aromatic N) is 4. The molecule has 1 saturated carbocycles. The summed E-state index contributed by atoms with van der Waals surface area (Å²) in [7, 11) is 1.71. The molecule has 2 aliphatic rings. The number of hydrogen-bond donors (Lipinski definition) is 0. The number of hydrogen-bond acceptors (Lipinski definition) is 4. The zero-order chi connectivity index (χ0) is 16.2. The van der Waals surface area contributed by atoms with Crippen molar-refractivity contribution in [2.75, 3.05) is 13.2 Å². The molecule has 2 aromatic rings.